The summed E-state index contributed by atoms with van der Waals surface area (Å²) in [4.78, 5) is 0. The molecule has 0 aromatic heterocycles. The van der Waals surface area contributed by atoms with Crippen molar-refractivity contribution in [3.8, 4) is 0 Å². The third-order valence-electron chi connectivity index (χ3n) is 2.32. The first kappa shape index (κ1) is 10.4. The van der Waals surface area contributed by atoms with Crippen molar-refractivity contribution >= 4 is 10.8 Å². The summed E-state index contributed by atoms with van der Waals surface area (Å²) in [5, 5.41) is 2.75. The van der Waals surface area contributed by atoms with Crippen LogP contribution in [0.5, 0.6) is 0 Å². The summed E-state index contributed by atoms with van der Waals surface area (Å²) in [6.07, 6.45) is 0. The third-order valence-corrected chi connectivity index (χ3v) is 2.32. The van der Waals surface area contributed by atoms with Crippen molar-refractivity contribution in [3.05, 3.63) is 47.5 Å². The van der Waals surface area contributed by atoms with Crippen LogP contribution in [0, 0.1) is 13.8 Å². The maximum Gasteiger partial charge on any atom is 0 e. The van der Waals surface area contributed by atoms with Gasteiger partial charge in [0.15, 0.2) is 0 Å². The first-order valence-corrected chi connectivity index (χ1v) is 4.24. The van der Waals surface area contributed by atoms with Crippen LogP contribution in [0.15, 0.2) is 36.4 Å². The molecular formula is C12H12V. The van der Waals surface area contributed by atoms with Gasteiger partial charge in [-0.2, -0.15) is 0 Å². The molecule has 0 aliphatic carbocycles. The van der Waals surface area contributed by atoms with Gasteiger partial charge in [-0.25, -0.2) is 0 Å². The van der Waals surface area contributed by atoms with Crippen LogP contribution >= 0.6 is 0 Å². The molecule has 2 aromatic rings. The first-order valence-electron chi connectivity index (χ1n) is 4.24. The van der Waals surface area contributed by atoms with E-state index in [0.717, 1.165) is 0 Å². The van der Waals surface area contributed by atoms with E-state index in [-0.39, 0.29) is 18.6 Å². The van der Waals surface area contributed by atoms with Gasteiger partial charge in [-0.1, -0.05) is 36.4 Å². The molecule has 2 aromatic carbocycles. The van der Waals surface area contributed by atoms with E-state index >= 15 is 0 Å². The molecule has 1 radical (unpaired) electrons. The number of hydrogen-bond acceptors (Lipinski definition) is 0. The van der Waals surface area contributed by atoms with Crippen molar-refractivity contribution in [2.75, 3.05) is 0 Å². The van der Waals surface area contributed by atoms with Crippen molar-refractivity contribution in [2.24, 2.45) is 0 Å². The van der Waals surface area contributed by atoms with Gasteiger partial charge in [-0.15, -0.1) is 0 Å². The van der Waals surface area contributed by atoms with Gasteiger partial charge in [0.25, 0.3) is 0 Å². The molecule has 0 amide bonds. The van der Waals surface area contributed by atoms with Gasteiger partial charge in [-0.3, -0.25) is 0 Å². The molecule has 65 valence electrons. The molecule has 2 rings (SSSR count). The van der Waals surface area contributed by atoms with E-state index in [1.807, 2.05) is 0 Å². The second kappa shape index (κ2) is 4.00. The van der Waals surface area contributed by atoms with Crippen LogP contribution in [0.3, 0.4) is 0 Å². The number of rotatable bonds is 0. The van der Waals surface area contributed by atoms with Gasteiger partial charge in [0.1, 0.15) is 0 Å². The van der Waals surface area contributed by atoms with Crippen LogP contribution in [0.1, 0.15) is 11.1 Å². The van der Waals surface area contributed by atoms with Gasteiger partial charge in [0.05, 0.1) is 0 Å². The topological polar surface area (TPSA) is 0 Å². The molecule has 0 atom stereocenters. The smallest absolute Gasteiger partial charge is 0 e. The molecule has 0 nitrogen and oxygen atoms in total. The van der Waals surface area contributed by atoms with Crippen LogP contribution in [-0.4, -0.2) is 0 Å². The van der Waals surface area contributed by atoms with E-state index in [2.05, 4.69) is 50.2 Å². The molecule has 0 aliphatic rings. The SMILES string of the molecule is Cc1cccc2cccc(C)c12.[V]. The quantitative estimate of drug-likeness (QED) is 0.620. The summed E-state index contributed by atoms with van der Waals surface area (Å²) < 4.78 is 0. The molecular weight excluding hydrogens is 195 g/mol. The Labute approximate surface area is 90.9 Å². The summed E-state index contributed by atoms with van der Waals surface area (Å²) in [6, 6.07) is 12.9. The summed E-state index contributed by atoms with van der Waals surface area (Å²) in [5.74, 6) is 0. The predicted molar refractivity (Wildman–Crippen MR) is 53.4 cm³/mol. The van der Waals surface area contributed by atoms with E-state index in [1.165, 1.54) is 21.9 Å². The van der Waals surface area contributed by atoms with Crippen molar-refractivity contribution in [2.45, 2.75) is 13.8 Å². The Morgan fingerprint density at radius 3 is 1.62 bits per heavy atom. The number of hydrogen-bond donors (Lipinski definition) is 0. The van der Waals surface area contributed by atoms with Crippen LogP contribution < -0.4 is 0 Å². The fraction of sp³-hybridized carbons (Fsp3) is 0.167. The van der Waals surface area contributed by atoms with Crippen molar-refractivity contribution in [1.29, 1.82) is 0 Å². The second-order valence-corrected chi connectivity index (χ2v) is 3.25. The molecule has 0 saturated carbocycles. The number of fused-ring (bicyclic) bond motifs is 1. The molecule has 0 N–H and O–H groups in total. The maximum atomic E-state index is 2.16. The standard InChI is InChI=1S/C12H12.V/c1-9-5-3-7-11-8-4-6-10(2)12(9)11;/h3-8H,1-2H3;. The van der Waals surface area contributed by atoms with Gasteiger partial charge < -0.3 is 0 Å². The maximum absolute atomic E-state index is 2.16. The molecule has 13 heavy (non-hydrogen) atoms. The van der Waals surface area contributed by atoms with Crippen molar-refractivity contribution in [1.82, 2.24) is 0 Å². The van der Waals surface area contributed by atoms with Crippen LogP contribution in [-0.2, 0) is 18.6 Å². The zero-order valence-corrected chi connectivity index (χ0v) is 9.31. The van der Waals surface area contributed by atoms with Crippen LogP contribution in [0.4, 0.5) is 0 Å². The largest absolute Gasteiger partial charge is 0.0614 e. The number of aryl methyl sites for hydroxylation is 2. The molecule has 0 heterocycles. The van der Waals surface area contributed by atoms with Crippen LogP contribution in [0.2, 0.25) is 0 Å². The zero-order chi connectivity index (χ0) is 8.55. The molecule has 0 saturated heterocycles. The average molecular weight is 207 g/mol. The second-order valence-electron chi connectivity index (χ2n) is 3.25. The van der Waals surface area contributed by atoms with Crippen molar-refractivity contribution < 1.29 is 18.6 Å². The Bertz CT molecular complexity index is 382. The van der Waals surface area contributed by atoms with Gasteiger partial charge >= 0.3 is 0 Å². The zero-order valence-electron chi connectivity index (χ0n) is 7.91. The Kier molecular flexibility index (Phi) is 3.19. The molecule has 0 bridgehead atoms. The van der Waals surface area contributed by atoms with E-state index in [1.54, 1.807) is 0 Å². The van der Waals surface area contributed by atoms with Gasteiger partial charge in [-0.05, 0) is 35.7 Å². The third kappa shape index (κ3) is 1.79. The minimum absolute atomic E-state index is 0. The average Bonchev–Trinajstić information content (AvgIpc) is 2.04. The number of benzene rings is 2. The normalized spacial score (nSPS) is 9.69. The first-order chi connectivity index (χ1) is 5.79. The fourth-order valence-electron chi connectivity index (χ4n) is 1.75. The Morgan fingerprint density at radius 2 is 1.23 bits per heavy atom. The van der Waals surface area contributed by atoms with E-state index < -0.39 is 0 Å². The Balaban J connectivity index is 0.000000845. The Hall–Kier alpha value is -0.716. The predicted octanol–water partition coefficient (Wildman–Crippen LogP) is 3.45. The van der Waals surface area contributed by atoms with E-state index in [4.69, 9.17) is 0 Å². The fourth-order valence-corrected chi connectivity index (χ4v) is 1.75. The summed E-state index contributed by atoms with van der Waals surface area (Å²) in [5.41, 5.74) is 2.73. The molecule has 0 aliphatic heterocycles. The monoisotopic (exact) mass is 207 g/mol. The molecule has 1 heteroatoms. The van der Waals surface area contributed by atoms with Crippen molar-refractivity contribution in [3.63, 3.8) is 0 Å². The van der Waals surface area contributed by atoms with E-state index in [9.17, 15) is 0 Å². The summed E-state index contributed by atoms with van der Waals surface area (Å²) in [6.45, 7) is 4.32. The van der Waals surface area contributed by atoms with Crippen LogP contribution in [0.25, 0.3) is 10.8 Å². The molecule has 0 spiro atoms. The summed E-state index contributed by atoms with van der Waals surface area (Å²) in [7, 11) is 0. The van der Waals surface area contributed by atoms with E-state index in [0.29, 0.717) is 0 Å². The van der Waals surface area contributed by atoms with Gasteiger partial charge in [0.2, 0.25) is 0 Å². The Morgan fingerprint density at radius 1 is 0.769 bits per heavy atom. The minimum Gasteiger partial charge on any atom is -0.0614 e. The molecule has 0 fully saturated rings. The van der Waals surface area contributed by atoms with Gasteiger partial charge in [0, 0.05) is 18.6 Å². The minimum atomic E-state index is 0. The molecule has 0 unspecified atom stereocenters. The summed E-state index contributed by atoms with van der Waals surface area (Å²) >= 11 is 0.